The van der Waals surface area contributed by atoms with E-state index >= 15 is 0 Å². The Hall–Kier alpha value is -1.85. The lowest BCUT2D eigenvalue weighted by atomic mass is 10.2. The first-order valence-electron chi connectivity index (χ1n) is 5.29. The zero-order valence-corrected chi connectivity index (χ0v) is 9.54. The molecule has 0 aromatic carbocycles. The average molecular weight is 220 g/mol. The molecule has 2 heterocycles. The Bertz CT molecular complexity index is 455. The van der Waals surface area contributed by atoms with Gasteiger partial charge in [-0.05, 0) is 5.92 Å². The number of nitrogens with two attached hydrogens (primary N) is 1. The SMILES string of the molecule is CC(C)Cn1cnnc1Cn1cc(N)cn1. The lowest BCUT2D eigenvalue weighted by Gasteiger charge is -2.08. The van der Waals surface area contributed by atoms with Crippen LogP contribution in [0.3, 0.4) is 0 Å². The third-order valence-corrected chi connectivity index (χ3v) is 2.21. The quantitative estimate of drug-likeness (QED) is 0.825. The first-order valence-corrected chi connectivity index (χ1v) is 5.29. The van der Waals surface area contributed by atoms with E-state index in [1.165, 1.54) is 0 Å². The molecule has 2 rings (SSSR count). The molecule has 0 saturated carbocycles. The molecule has 6 nitrogen and oxygen atoms in total. The summed E-state index contributed by atoms with van der Waals surface area (Å²) in [5.74, 6) is 1.47. The summed E-state index contributed by atoms with van der Waals surface area (Å²) in [5, 5.41) is 12.1. The Labute approximate surface area is 94.1 Å². The number of aromatic nitrogens is 5. The zero-order valence-electron chi connectivity index (χ0n) is 9.54. The zero-order chi connectivity index (χ0) is 11.5. The Morgan fingerprint density at radius 3 is 2.88 bits per heavy atom. The van der Waals surface area contributed by atoms with Crippen LogP contribution in [0.25, 0.3) is 0 Å². The van der Waals surface area contributed by atoms with E-state index in [1.54, 1.807) is 23.4 Å². The maximum absolute atomic E-state index is 5.60. The smallest absolute Gasteiger partial charge is 0.154 e. The van der Waals surface area contributed by atoms with E-state index in [0.717, 1.165) is 12.4 Å². The van der Waals surface area contributed by atoms with E-state index in [4.69, 9.17) is 5.73 Å². The van der Waals surface area contributed by atoms with Crippen LogP contribution in [0, 0.1) is 5.92 Å². The van der Waals surface area contributed by atoms with Gasteiger partial charge >= 0.3 is 0 Å². The second kappa shape index (κ2) is 4.34. The highest BCUT2D eigenvalue weighted by atomic mass is 15.3. The molecule has 6 heteroatoms. The molecule has 0 spiro atoms. The van der Waals surface area contributed by atoms with Gasteiger partial charge in [0.25, 0.3) is 0 Å². The predicted octanol–water partition coefficient (Wildman–Crippen LogP) is 0.761. The molecule has 0 saturated heterocycles. The molecule has 0 bridgehead atoms. The van der Waals surface area contributed by atoms with Crippen molar-refractivity contribution in [2.24, 2.45) is 5.92 Å². The normalized spacial score (nSPS) is 11.2. The summed E-state index contributed by atoms with van der Waals surface area (Å²) in [6.45, 7) is 5.84. The third-order valence-electron chi connectivity index (χ3n) is 2.21. The van der Waals surface area contributed by atoms with Gasteiger partial charge in [-0.1, -0.05) is 13.8 Å². The van der Waals surface area contributed by atoms with Gasteiger partial charge in [0.2, 0.25) is 0 Å². The van der Waals surface area contributed by atoms with Gasteiger partial charge in [-0.3, -0.25) is 4.68 Å². The van der Waals surface area contributed by atoms with Crippen LogP contribution < -0.4 is 5.73 Å². The summed E-state index contributed by atoms with van der Waals surface area (Å²) in [4.78, 5) is 0. The van der Waals surface area contributed by atoms with Crippen molar-refractivity contribution in [1.29, 1.82) is 0 Å². The van der Waals surface area contributed by atoms with E-state index in [2.05, 4.69) is 29.1 Å². The van der Waals surface area contributed by atoms with E-state index in [0.29, 0.717) is 18.2 Å². The summed E-state index contributed by atoms with van der Waals surface area (Å²) in [6, 6.07) is 0. The Morgan fingerprint density at radius 1 is 1.44 bits per heavy atom. The molecular formula is C10H16N6. The topological polar surface area (TPSA) is 74.5 Å². The maximum Gasteiger partial charge on any atom is 0.154 e. The average Bonchev–Trinajstić information content (AvgIpc) is 2.77. The fraction of sp³-hybridized carbons (Fsp3) is 0.500. The van der Waals surface area contributed by atoms with Gasteiger partial charge in [-0.2, -0.15) is 5.10 Å². The van der Waals surface area contributed by atoms with Crippen molar-refractivity contribution in [2.75, 3.05) is 5.73 Å². The minimum atomic E-state index is 0.567. The van der Waals surface area contributed by atoms with Crippen LogP contribution in [-0.2, 0) is 13.1 Å². The number of nitrogens with zero attached hydrogens (tertiary/aromatic N) is 5. The number of nitrogen functional groups attached to an aromatic ring is 1. The van der Waals surface area contributed by atoms with Crippen molar-refractivity contribution < 1.29 is 0 Å². The van der Waals surface area contributed by atoms with Gasteiger partial charge in [0.1, 0.15) is 12.9 Å². The van der Waals surface area contributed by atoms with Crippen molar-refractivity contribution in [3.8, 4) is 0 Å². The highest BCUT2D eigenvalue weighted by molar-refractivity contribution is 5.30. The molecule has 2 aromatic heterocycles. The lowest BCUT2D eigenvalue weighted by molar-refractivity contribution is 0.494. The van der Waals surface area contributed by atoms with Crippen LogP contribution >= 0.6 is 0 Å². The molecule has 2 N–H and O–H groups in total. The third kappa shape index (κ3) is 2.39. The Morgan fingerprint density at radius 2 is 2.25 bits per heavy atom. The first-order chi connectivity index (χ1) is 7.65. The van der Waals surface area contributed by atoms with Gasteiger partial charge < -0.3 is 10.3 Å². The molecule has 86 valence electrons. The fourth-order valence-corrected chi connectivity index (χ4v) is 1.56. The van der Waals surface area contributed by atoms with E-state index < -0.39 is 0 Å². The molecule has 16 heavy (non-hydrogen) atoms. The van der Waals surface area contributed by atoms with Crippen LogP contribution in [0.1, 0.15) is 19.7 Å². The van der Waals surface area contributed by atoms with Crippen LogP contribution in [0.15, 0.2) is 18.7 Å². The minimum absolute atomic E-state index is 0.567. The van der Waals surface area contributed by atoms with Crippen LogP contribution in [0.5, 0.6) is 0 Å². The van der Waals surface area contributed by atoms with Crippen molar-refractivity contribution in [2.45, 2.75) is 26.9 Å². The fourth-order valence-electron chi connectivity index (χ4n) is 1.56. The maximum atomic E-state index is 5.60. The largest absolute Gasteiger partial charge is 0.396 e. The number of hydrogen-bond donors (Lipinski definition) is 1. The van der Waals surface area contributed by atoms with Gasteiger partial charge in [-0.15, -0.1) is 10.2 Å². The highest BCUT2D eigenvalue weighted by Gasteiger charge is 2.07. The van der Waals surface area contributed by atoms with Crippen molar-refractivity contribution in [1.82, 2.24) is 24.5 Å². The van der Waals surface area contributed by atoms with E-state index in [1.807, 2.05) is 4.57 Å². The van der Waals surface area contributed by atoms with Crippen LogP contribution in [0.2, 0.25) is 0 Å². The highest BCUT2D eigenvalue weighted by Crippen LogP contribution is 2.05. The predicted molar refractivity (Wildman–Crippen MR) is 60.6 cm³/mol. The van der Waals surface area contributed by atoms with Crippen molar-refractivity contribution in [3.05, 3.63) is 24.5 Å². The summed E-state index contributed by atoms with van der Waals surface area (Å²) < 4.78 is 3.80. The summed E-state index contributed by atoms with van der Waals surface area (Å²) in [5.41, 5.74) is 6.26. The van der Waals surface area contributed by atoms with E-state index in [-0.39, 0.29) is 0 Å². The standard InChI is InChI=1S/C10H16N6/c1-8(2)4-15-7-12-14-10(15)6-16-5-9(11)3-13-16/h3,5,7-8H,4,6,11H2,1-2H3. The van der Waals surface area contributed by atoms with Crippen LogP contribution in [0.4, 0.5) is 5.69 Å². The monoisotopic (exact) mass is 220 g/mol. The summed E-state index contributed by atoms with van der Waals surface area (Å²) >= 11 is 0. The number of rotatable bonds is 4. The molecule has 0 radical (unpaired) electrons. The molecule has 0 aliphatic rings. The second-order valence-corrected chi connectivity index (χ2v) is 4.26. The number of anilines is 1. The van der Waals surface area contributed by atoms with Gasteiger partial charge in [0.05, 0.1) is 11.9 Å². The Kier molecular flexibility index (Phi) is 2.89. The molecule has 0 aliphatic heterocycles. The molecule has 2 aromatic rings. The van der Waals surface area contributed by atoms with Gasteiger partial charge in [0.15, 0.2) is 5.82 Å². The van der Waals surface area contributed by atoms with Gasteiger partial charge in [-0.25, -0.2) is 0 Å². The second-order valence-electron chi connectivity index (χ2n) is 4.26. The molecular weight excluding hydrogens is 204 g/mol. The minimum Gasteiger partial charge on any atom is -0.396 e. The van der Waals surface area contributed by atoms with E-state index in [9.17, 15) is 0 Å². The molecule has 0 fully saturated rings. The first kappa shape index (κ1) is 10.7. The van der Waals surface area contributed by atoms with Crippen LogP contribution in [-0.4, -0.2) is 24.5 Å². The van der Waals surface area contributed by atoms with Gasteiger partial charge in [0, 0.05) is 12.7 Å². The molecule has 0 aliphatic carbocycles. The Balaban J connectivity index is 2.12. The van der Waals surface area contributed by atoms with Crippen molar-refractivity contribution in [3.63, 3.8) is 0 Å². The van der Waals surface area contributed by atoms with Crippen molar-refractivity contribution >= 4 is 5.69 Å². The lowest BCUT2D eigenvalue weighted by Crippen LogP contribution is -2.11. The summed E-state index contributed by atoms with van der Waals surface area (Å²) in [7, 11) is 0. The number of hydrogen-bond acceptors (Lipinski definition) is 4. The molecule has 0 unspecified atom stereocenters. The molecule has 0 amide bonds. The summed E-state index contributed by atoms with van der Waals surface area (Å²) in [6.07, 6.45) is 5.17. The molecule has 0 atom stereocenters.